The molecule has 10 heteroatoms. The summed E-state index contributed by atoms with van der Waals surface area (Å²) in [5, 5.41) is 11.1. The number of rotatable bonds is 8. The first-order valence-electron chi connectivity index (χ1n) is 10.5. The first-order chi connectivity index (χ1) is 15.4. The highest BCUT2D eigenvalue weighted by Crippen LogP contribution is 2.32. The smallest absolute Gasteiger partial charge is 0.339 e. The van der Waals surface area contributed by atoms with Gasteiger partial charge in [-0.1, -0.05) is 17.8 Å². The third kappa shape index (κ3) is 4.39. The average Bonchev–Trinajstić information content (AvgIpc) is 3.57. The van der Waals surface area contributed by atoms with Gasteiger partial charge < -0.3 is 14.5 Å². The zero-order chi connectivity index (χ0) is 22.8. The number of esters is 1. The van der Waals surface area contributed by atoms with E-state index in [9.17, 15) is 9.59 Å². The number of thiophene rings is 1. The van der Waals surface area contributed by atoms with E-state index in [-0.39, 0.29) is 11.9 Å². The summed E-state index contributed by atoms with van der Waals surface area (Å²) < 4.78 is 12.8. The van der Waals surface area contributed by atoms with Gasteiger partial charge in [0, 0.05) is 12.3 Å². The highest BCUT2D eigenvalue weighted by Gasteiger charge is 2.28. The molecule has 8 nitrogen and oxygen atoms in total. The van der Waals surface area contributed by atoms with Crippen LogP contribution in [-0.4, -0.2) is 56.6 Å². The summed E-state index contributed by atoms with van der Waals surface area (Å²) in [4.78, 5) is 29.4. The average molecular weight is 475 g/mol. The highest BCUT2D eigenvalue weighted by molar-refractivity contribution is 8.00. The largest absolute Gasteiger partial charge is 0.465 e. The second-order valence-corrected chi connectivity index (χ2v) is 10.0. The lowest BCUT2D eigenvalue weighted by Crippen LogP contribution is -2.19. The zero-order valence-electron chi connectivity index (χ0n) is 18.5. The third-order valence-corrected chi connectivity index (χ3v) is 7.54. The van der Waals surface area contributed by atoms with Crippen LogP contribution in [0.3, 0.4) is 0 Å². The number of thioether (sulfide) groups is 1. The van der Waals surface area contributed by atoms with E-state index in [0.717, 1.165) is 30.2 Å². The number of carbonyl (C=O) groups is 2. The molecule has 0 spiro atoms. The van der Waals surface area contributed by atoms with E-state index in [2.05, 4.69) is 19.7 Å². The molecule has 3 aromatic heterocycles. The van der Waals surface area contributed by atoms with Gasteiger partial charge >= 0.3 is 5.97 Å². The van der Waals surface area contributed by atoms with Crippen LogP contribution in [0.2, 0.25) is 0 Å². The molecule has 1 aliphatic rings. The Labute approximate surface area is 194 Å². The Balaban J connectivity index is 1.60. The molecular weight excluding hydrogens is 448 g/mol. The molecule has 0 radical (unpaired) electrons. The number of hydrogen-bond donors (Lipinski definition) is 1. The molecule has 0 bridgehead atoms. The first kappa shape index (κ1) is 22.8. The van der Waals surface area contributed by atoms with Crippen LogP contribution in [0.25, 0.3) is 10.7 Å². The minimum atomic E-state index is -0.451. The molecule has 0 amide bonds. The fourth-order valence-electron chi connectivity index (χ4n) is 3.94. The fourth-order valence-corrected chi connectivity index (χ4v) is 5.57. The van der Waals surface area contributed by atoms with E-state index < -0.39 is 11.2 Å². The number of nitrogens with one attached hydrogen (secondary N) is 1. The van der Waals surface area contributed by atoms with E-state index in [0.29, 0.717) is 34.2 Å². The van der Waals surface area contributed by atoms with E-state index in [1.165, 1.54) is 18.9 Å². The quantitative estimate of drug-likeness (QED) is 0.295. The Kier molecular flexibility index (Phi) is 6.82. The van der Waals surface area contributed by atoms with Crippen LogP contribution in [0.1, 0.15) is 51.9 Å². The van der Waals surface area contributed by atoms with Crippen molar-refractivity contribution in [3.63, 3.8) is 0 Å². The van der Waals surface area contributed by atoms with Crippen LogP contribution in [-0.2, 0) is 16.0 Å². The summed E-state index contributed by atoms with van der Waals surface area (Å²) in [5.74, 6) is 0.236. The molecule has 1 N–H and O–H groups in total. The number of carbonyl (C=O) groups excluding carboxylic acids is 2. The van der Waals surface area contributed by atoms with E-state index in [4.69, 9.17) is 9.47 Å². The van der Waals surface area contributed by atoms with Gasteiger partial charge in [0.2, 0.25) is 0 Å². The summed E-state index contributed by atoms with van der Waals surface area (Å²) in [5.41, 5.74) is 2.06. The molecule has 4 heterocycles. The molecule has 0 saturated carbocycles. The van der Waals surface area contributed by atoms with Crippen LogP contribution in [0.5, 0.6) is 0 Å². The lowest BCUT2D eigenvalue weighted by molar-refractivity contribution is 0.0599. The number of ether oxygens (including phenoxy) is 2. The van der Waals surface area contributed by atoms with Gasteiger partial charge in [-0.3, -0.25) is 9.36 Å². The van der Waals surface area contributed by atoms with E-state index in [1.807, 2.05) is 24.4 Å². The first-order valence-corrected chi connectivity index (χ1v) is 12.2. The van der Waals surface area contributed by atoms with Gasteiger partial charge in [0.1, 0.15) is 0 Å². The van der Waals surface area contributed by atoms with Gasteiger partial charge in [0.15, 0.2) is 16.8 Å². The summed E-state index contributed by atoms with van der Waals surface area (Å²) in [6.07, 6.45) is 2.16. The Hall–Kier alpha value is -2.43. The molecule has 1 fully saturated rings. The maximum atomic E-state index is 13.3. The van der Waals surface area contributed by atoms with Crippen molar-refractivity contribution in [3.05, 3.63) is 40.0 Å². The van der Waals surface area contributed by atoms with Crippen molar-refractivity contribution in [2.45, 2.75) is 56.7 Å². The molecule has 1 saturated heterocycles. The second-order valence-electron chi connectivity index (χ2n) is 7.77. The Morgan fingerprint density at radius 2 is 2.22 bits per heavy atom. The van der Waals surface area contributed by atoms with Crippen molar-refractivity contribution in [1.29, 1.82) is 0 Å². The zero-order valence-corrected chi connectivity index (χ0v) is 20.1. The fraction of sp³-hybridized carbons (Fsp3) is 0.455. The predicted molar refractivity (Wildman–Crippen MR) is 124 cm³/mol. The van der Waals surface area contributed by atoms with E-state index in [1.54, 1.807) is 25.2 Å². The standard InChI is InChI=1S/C22H26N4O4S2/c1-12-17(21(28)29-4)13(2)23-18(12)19(27)14(3)32-22-25-24-20(16-8-6-10-31-16)26(22)11-15-7-5-9-30-15/h6,8,10,14-15,23H,5,7,9,11H2,1-4H3/t14-,15+/m0/s1. The summed E-state index contributed by atoms with van der Waals surface area (Å²) in [7, 11) is 1.33. The Morgan fingerprint density at radius 1 is 1.41 bits per heavy atom. The summed E-state index contributed by atoms with van der Waals surface area (Å²) in [6.45, 7) is 6.79. The molecule has 2 atom stereocenters. The maximum absolute atomic E-state index is 13.3. The van der Waals surface area contributed by atoms with Gasteiger partial charge in [-0.2, -0.15) is 0 Å². The monoisotopic (exact) mass is 474 g/mol. The van der Waals surface area contributed by atoms with Crippen molar-refractivity contribution in [1.82, 2.24) is 19.7 Å². The van der Waals surface area contributed by atoms with Crippen molar-refractivity contribution in [2.24, 2.45) is 0 Å². The molecule has 0 unspecified atom stereocenters. The number of aromatic amines is 1. The molecule has 0 aromatic carbocycles. The van der Waals surface area contributed by atoms with Crippen LogP contribution in [0, 0.1) is 13.8 Å². The highest BCUT2D eigenvalue weighted by atomic mass is 32.2. The Bertz CT molecular complexity index is 1110. The van der Waals surface area contributed by atoms with Crippen LogP contribution in [0.4, 0.5) is 0 Å². The van der Waals surface area contributed by atoms with E-state index >= 15 is 0 Å². The molecule has 0 aliphatic carbocycles. The Morgan fingerprint density at radius 3 is 2.88 bits per heavy atom. The SMILES string of the molecule is COC(=O)c1c(C)[nH]c(C(=O)[C@H](C)Sc2nnc(-c3cccs3)n2C[C@H]2CCCO2)c1C. The van der Waals surface area contributed by atoms with Gasteiger partial charge in [0.25, 0.3) is 0 Å². The van der Waals surface area contributed by atoms with Crippen molar-refractivity contribution >= 4 is 34.9 Å². The minimum absolute atomic E-state index is 0.102. The van der Waals surface area contributed by atoms with Crippen molar-refractivity contribution < 1.29 is 19.1 Å². The predicted octanol–water partition coefficient (Wildman–Crippen LogP) is 4.28. The lowest BCUT2D eigenvalue weighted by atomic mass is 10.1. The topological polar surface area (TPSA) is 99.1 Å². The molecule has 32 heavy (non-hydrogen) atoms. The number of H-pyrrole nitrogens is 1. The van der Waals surface area contributed by atoms with Crippen molar-refractivity contribution in [3.8, 4) is 10.7 Å². The molecule has 3 aromatic rings. The van der Waals surface area contributed by atoms with Gasteiger partial charge in [-0.15, -0.1) is 21.5 Å². The maximum Gasteiger partial charge on any atom is 0.339 e. The second kappa shape index (κ2) is 9.60. The number of aromatic nitrogens is 4. The van der Waals surface area contributed by atoms with Crippen molar-refractivity contribution in [2.75, 3.05) is 13.7 Å². The summed E-state index contributed by atoms with van der Waals surface area (Å²) >= 11 is 2.97. The lowest BCUT2D eigenvalue weighted by Gasteiger charge is -2.16. The van der Waals surface area contributed by atoms with Crippen LogP contribution in [0.15, 0.2) is 22.7 Å². The molecule has 170 valence electrons. The number of methoxy groups -OCH3 is 1. The summed E-state index contributed by atoms with van der Waals surface area (Å²) in [6, 6.07) is 4.00. The van der Waals surface area contributed by atoms with Crippen LogP contribution >= 0.6 is 23.1 Å². The minimum Gasteiger partial charge on any atom is -0.465 e. The molecule has 4 rings (SSSR count). The van der Waals surface area contributed by atoms with Gasteiger partial charge in [-0.05, 0) is 50.6 Å². The number of nitrogens with zero attached hydrogens (tertiary/aromatic N) is 3. The van der Waals surface area contributed by atoms with Crippen LogP contribution < -0.4 is 0 Å². The normalized spacial score (nSPS) is 16.9. The molecule has 1 aliphatic heterocycles. The van der Waals surface area contributed by atoms with Gasteiger partial charge in [0.05, 0.1) is 41.1 Å². The van der Waals surface area contributed by atoms with Gasteiger partial charge in [-0.25, -0.2) is 4.79 Å². The third-order valence-electron chi connectivity index (χ3n) is 5.59. The number of Topliss-reactive ketones (excluding diaryl/α,β-unsaturated/α-hetero) is 1. The number of aryl methyl sites for hydroxylation is 1. The molecular formula is C22H26N4O4S2. The number of hydrogen-bond acceptors (Lipinski definition) is 8. The number of ketones is 1.